The molecule has 21 heavy (non-hydrogen) atoms. The highest BCUT2D eigenvalue weighted by molar-refractivity contribution is 5.81. The third-order valence-corrected chi connectivity index (χ3v) is 3.27. The van der Waals surface area contributed by atoms with Gasteiger partial charge >= 0.3 is 5.97 Å². The molecule has 0 radical (unpaired) electrons. The Morgan fingerprint density at radius 3 is 2.29 bits per heavy atom. The number of nitrogens with one attached hydrogen (secondary N) is 1. The highest BCUT2D eigenvalue weighted by atomic mass is 16.6. The van der Waals surface area contributed by atoms with E-state index >= 15 is 0 Å². The summed E-state index contributed by atoms with van der Waals surface area (Å²) in [5.41, 5.74) is 0. The van der Waals surface area contributed by atoms with Crippen LogP contribution in [0.5, 0.6) is 0 Å². The van der Waals surface area contributed by atoms with Gasteiger partial charge < -0.3 is 14.8 Å². The Bertz CT molecular complexity index is 244. The SMILES string of the molecule is C=CC(=O)OCCOCCNCCCCCCCCCC. The smallest absolute Gasteiger partial charge is 0.330 e. The van der Waals surface area contributed by atoms with Gasteiger partial charge in [0.05, 0.1) is 13.2 Å². The predicted molar refractivity (Wildman–Crippen MR) is 87.5 cm³/mol. The van der Waals surface area contributed by atoms with Crippen molar-refractivity contribution in [3.63, 3.8) is 0 Å². The van der Waals surface area contributed by atoms with Crippen molar-refractivity contribution in [1.82, 2.24) is 5.32 Å². The van der Waals surface area contributed by atoms with Gasteiger partial charge in [0.1, 0.15) is 6.61 Å². The third kappa shape index (κ3) is 17.1. The summed E-state index contributed by atoms with van der Waals surface area (Å²) in [6, 6.07) is 0. The van der Waals surface area contributed by atoms with Crippen molar-refractivity contribution in [1.29, 1.82) is 0 Å². The largest absolute Gasteiger partial charge is 0.460 e. The van der Waals surface area contributed by atoms with E-state index in [0.717, 1.165) is 19.2 Å². The lowest BCUT2D eigenvalue weighted by Crippen LogP contribution is -2.21. The molecule has 0 aliphatic heterocycles. The van der Waals surface area contributed by atoms with Gasteiger partial charge in [0.15, 0.2) is 0 Å². The second-order valence-corrected chi connectivity index (χ2v) is 5.21. The summed E-state index contributed by atoms with van der Waals surface area (Å²) in [4.78, 5) is 10.7. The molecule has 0 saturated heterocycles. The standard InChI is InChI=1S/C17H33NO3/c1-3-5-6-7-8-9-10-11-12-18-13-14-20-15-16-21-17(19)4-2/h4,18H,2-3,5-16H2,1H3. The first-order valence-electron chi connectivity index (χ1n) is 8.39. The van der Waals surface area contributed by atoms with Crippen LogP contribution in [0.15, 0.2) is 12.7 Å². The van der Waals surface area contributed by atoms with E-state index in [1.165, 1.54) is 51.4 Å². The minimum Gasteiger partial charge on any atom is -0.460 e. The number of esters is 1. The van der Waals surface area contributed by atoms with Crippen LogP contribution in [0, 0.1) is 0 Å². The molecule has 0 saturated carbocycles. The quantitative estimate of drug-likeness (QED) is 0.269. The molecule has 1 N–H and O–H groups in total. The highest BCUT2D eigenvalue weighted by Crippen LogP contribution is 2.07. The molecule has 0 atom stereocenters. The second-order valence-electron chi connectivity index (χ2n) is 5.21. The number of ether oxygens (including phenoxy) is 2. The lowest BCUT2D eigenvalue weighted by atomic mass is 10.1. The molecule has 0 heterocycles. The van der Waals surface area contributed by atoms with Gasteiger partial charge in [0.25, 0.3) is 0 Å². The fourth-order valence-corrected chi connectivity index (χ4v) is 2.02. The van der Waals surface area contributed by atoms with Gasteiger partial charge in [-0.1, -0.05) is 58.4 Å². The van der Waals surface area contributed by atoms with Gasteiger partial charge in [-0.05, 0) is 13.0 Å². The van der Waals surface area contributed by atoms with Crippen molar-refractivity contribution in [2.24, 2.45) is 0 Å². The van der Waals surface area contributed by atoms with Crippen LogP contribution >= 0.6 is 0 Å². The Morgan fingerprint density at radius 2 is 1.62 bits per heavy atom. The topological polar surface area (TPSA) is 47.6 Å². The van der Waals surface area contributed by atoms with Crippen LogP contribution in [0.1, 0.15) is 58.3 Å². The molecule has 4 heteroatoms. The lowest BCUT2D eigenvalue weighted by Gasteiger charge is -2.06. The zero-order valence-electron chi connectivity index (χ0n) is 13.7. The van der Waals surface area contributed by atoms with Gasteiger partial charge in [-0.25, -0.2) is 4.79 Å². The lowest BCUT2D eigenvalue weighted by molar-refractivity contribution is -0.139. The van der Waals surface area contributed by atoms with Crippen LogP contribution < -0.4 is 5.32 Å². The van der Waals surface area contributed by atoms with Crippen molar-refractivity contribution in [3.05, 3.63) is 12.7 Å². The van der Waals surface area contributed by atoms with E-state index in [-0.39, 0.29) is 0 Å². The van der Waals surface area contributed by atoms with Crippen molar-refractivity contribution in [2.75, 3.05) is 32.9 Å². The van der Waals surface area contributed by atoms with Crippen LogP contribution in [0.2, 0.25) is 0 Å². The first kappa shape index (κ1) is 20.1. The van der Waals surface area contributed by atoms with Crippen LogP contribution in [0.4, 0.5) is 0 Å². The number of carbonyl (C=O) groups excluding carboxylic acids is 1. The van der Waals surface area contributed by atoms with E-state index in [0.29, 0.717) is 19.8 Å². The molecular weight excluding hydrogens is 266 g/mol. The summed E-state index contributed by atoms with van der Waals surface area (Å²) in [5.74, 6) is -0.397. The van der Waals surface area contributed by atoms with Crippen LogP contribution in [0.3, 0.4) is 0 Å². The van der Waals surface area contributed by atoms with E-state index in [1.54, 1.807) is 0 Å². The van der Waals surface area contributed by atoms with Crippen molar-refractivity contribution < 1.29 is 14.3 Å². The van der Waals surface area contributed by atoms with Gasteiger partial charge in [-0.3, -0.25) is 0 Å². The van der Waals surface area contributed by atoms with E-state index < -0.39 is 5.97 Å². The van der Waals surface area contributed by atoms with E-state index in [4.69, 9.17) is 9.47 Å². The molecule has 0 fully saturated rings. The summed E-state index contributed by atoms with van der Waals surface area (Å²) >= 11 is 0. The highest BCUT2D eigenvalue weighted by Gasteiger charge is 1.95. The Balaban J connectivity index is 2.99. The molecular formula is C17H33NO3. The Hall–Kier alpha value is -0.870. The maximum Gasteiger partial charge on any atom is 0.330 e. The van der Waals surface area contributed by atoms with Gasteiger partial charge in [-0.2, -0.15) is 0 Å². The van der Waals surface area contributed by atoms with Crippen molar-refractivity contribution in [3.8, 4) is 0 Å². The molecule has 0 aromatic heterocycles. The molecule has 0 amide bonds. The number of unbranched alkanes of at least 4 members (excludes halogenated alkanes) is 7. The first-order chi connectivity index (χ1) is 10.3. The zero-order valence-corrected chi connectivity index (χ0v) is 13.7. The summed E-state index contributed by atoms with van der Waals surface area (Å²) in [7, 11) is 0. The van der Waals surface area contributed by atoms with Gasteiger partial charge in [0, 0.05) is 12.6 Å². The summed E-state index contributed by atoms with van der Waals surface area (Å²) in [5, 5.41) is 3.36. The number of carbonyl (C=O) groups is 1. The maximum atomic E-state index is 10.7. The second kappa shape index (κ2) is 17.2. The molecule has 4 nitrogen and oxygen atoms in total. The molecule has 0 aromatic carbocycles. The Labute approximate surface area is 130 Å². The molecule has 124 valence electrons. The number of hydrogen-bond donors (Lipinski definition) is 1. The molecule has 0 aliphatic carbocycles. The molecule has 0 rings (SSSR count). The Morgan fingerprint density at radius 1 is 0.952 bits per heavy atom. The fourth-order valence-electron chi connectivity index (χ4n) is 2.02. The number of hydrogen-bond acceptors (Lipinski definition) is 4. The van der Waals surface area contributed by atoms with E-state index in [9.17, 15) is 4.79 Å². The average molecular weight is 299 g/mol. The minimum absolute atomic E-state index is 0.295. The zero-order chi connectivity index (χ0) is 15.6. The minimum atomic E-state index is -0.397. The molecule has 0 bridgehead atoms. The Kier molecular flexibility index (Phi) is 16.5. The maximum absolute atomic E-state index is 10.7. The van der Waals surface area contributed by atoms with Crippen molar-refractivity contribution >= 4 is 5.97 Å². The van der Waals surface area contributed by atoms with Gasteiger partial charge in [0.2, 0.25) is 0 Å². The fraction of sp³-hybridized carbons (Fsp3) is 0.824. The first-order valence-corrected chi connectivity index (χ1v) is 8.39. The summed E-state index contributed by atoms with van der Waals surface area (Å²) in [6.45, 7) is 8.88. The summed E-state index contributed by atoms with van der Waals surface area (Å²) < 4.78 is 10.1. The average Bonchev–Trinajstić information content (AvgIpc) is 2.50. The van der Waals surface area contributed by atoms with E-state index in [2.05, 4.69) is 18.8 Å². The van der Waals surface area contributed by atoms with Crippen LogP contribution in [-0.4, -0.2) is 38.9 Å². The number of rotatable bonds is 16. The predicted octanol–water partition coefficient (Wildman–Crippen LogP) is 3.46. The monoisotopic (exact) mass is 299 g/mol. The molecule has 0 spiro atoms. The van der Waals surface area contributed by atoms with Crippen LogP contribution in [0.25, 0.3) is 0 Å². The normalized spacial score (nSPS) is 10.5. The summed E-state index contributed by atoms with van der Waals surface area (Å²) in [6.07, 6.45) is 12.0. The van der Waals surface area contributed by atoms with Gasteiger partial charge in [-0.15, -0.1) is 0 Å². The van der Waals surface area contributed by atoms with Crippen LogP contribution in [-0.2, 0) is 14.3 Å². The van der Waals surface area contributed by atoms with E-state index in [1.807, 2.05) is 0 Å². The molecule has 0 unspecified atom stereocenters. The molecule has 0 aromatic rings. The third-order valence-electron chi connectivity index (χ3n) is 3.27. The van der Waals surface area contributed by atoms with Crippen molar-refractivity contribution in [2.45, 2.75) is 58.3 Å². The molecule has 0 aliphatic rings.